The second-order valence-electron chi connectivity index (χ2n) is 6.65. The lowest BCUT2D eigenvalue weighted by atomic mass is 10.1. The molecule has 6 nitrogen and oxygen atoms in total. The van der Waals surface area contributed by atoms with Gasteiger partial charge < -0.3 is 19.5 Å². The smallest absolute Gasteiger partial charge is 0.141 e. The van der Waals surface area contributed by atoms with Crippen molar-refractivity contribution in [2.45, 2.75) is 0 Å². The molecule has 1 aliphatic rings. The first-order valence-corrected chi connectivity index (χ1v) is 10.0. The largest absolute Gasteiger partial charge is 0.495 e. The van der Waals surface area contributed by atoms with E-state index in [9.17, 15) is 0 Å². The molecule has 1 aliphatic heterocycles. The van der Waals surface area contributed by atoms with Crippen LogP contribution in [-0.2, 0) is 4.74 Å². The van der Waals surface area contributed by atoms with Crippen molar-refractivity contribution in [1.82, 2.24) is 9.97 Å². The fourth-order valence-electron chi connectivity index (χ4n) is 3.14. The first-order chi connectivity index (χ1) is 14.0. The number of anilines is 1. The summed E-state index contributed by atoms with van der Waals surface area (Å²) in [5, 5.41) is 6.20. The van der Waals surface area contributed by atoms with Crippen molar-refractivity contribution < 1.29 is 14.2 Å². The Kier molecular flexibility index (Phi) is 5.88. The Hall–Kier alpha value is -1.99. The number of aromatic nitrogens is 2. The highest BCUT2D eigenvalue weighted by Gasteiger charge is 2.22. The van der Waals surface area contributed by atoms with Gasteiger partial charge in [-0.2, -0.15) is 0 Å². The number of nitrogens with one attached hydrogen (secondary N) is 1. The molecule has 3 heterocycles. The lowest BCUT2D eigenvalue weighted by Crippen LogP contribution is -2.33. The fourth-order valence-corrected chi connectivity index (χ4v) is 3.99. The van der Waals surface area contributed by atoms with Gasteiger partial charge in [-0.05, 0) is 12.1 Å². The second-order valence-corrected chi connectivity index (χ2v) is 7.80. The van der Waals surface area contributed by atoms with Gasteiger partial charge in [-0.3, -0.25) is 0 Å². The molecule has 0 amide bonds. The van der Waals surface area contributed by atoms with Crippen molar-refractivity contribution in [3.8, 4) is 22.8 Å². The summed E-state index contributed by atoms with van der Waals surface area (Å²) < 4.78 is 16.0. The molecule has 0 saturated carbocycles. The van der Waals surface area contributed by atoms with Crippen LogP contribution in [0.2, 0.25) is 15.2 Å². The van der Waals surface area contributed by atoms with Gasteiger partial charge in [0.15, 0.2) is 0 Å². The number of halogens is 3. The number of nitrogens with zero attached hydrogens (tertiary/aromatic N) is 2. The number of ether oxygens (including phenoxy) is 3. The second kappa shape index (κ2) is 8.40. The van der Waals surface area contributed by atoms with Crippen molar-refractivity contribution in [3.05, 3.63) is 39.6 Å². The molecular weight excluding hydrogens is 437 g/mol. The number of hydrogen-bond donors (Lipinski definition) is 1. The summed E-state index contributed by atoms with van der Waals surface area (Å²) in [6.07, 6.45) is 1.69. The molecule has 29 heavy (non-hydrogen) atoms. The Morgan fingerprint density at radius 1 is 1.07 bits per heavy atom. The summed E-state index contributed by atoms with van der Waals surface area (Å²) in [6, 6.07) is 5.29. The van der Waals surface area contributed by atoms with Gasteiger partial charge in [-0.1, -0.05) is 34.8 Å². The van der Waals surface area contributed by atoms with Gasteiger partial charge >= 0.3 is 0 Å². The standard InChI is InChI=1S/C20H18Cl3N3O3/c1-27-14-5-15(28-2)19(23)17(18(14)22)13-3-11-7-24-16(21)4-12(11)20(26-13)25-6-10-8-29-9-10/h3-5,7,10H,6,8-9H2,1-2H3,(H,25,26). The third kappa shape index (κ3) is 3.90. The SMILES string of the molecule is COc1cc(OC)c(Cl)c(-c2cc3cnc(Cl)cc3c(NCC3COC3)n2)c1Cl. The molecule has 0 radical (unpaired) electrons. The van der Waals surface area contributed by atoms with Crippen LogP contribution >= 0.6 is 34.8 Å². The van der Waals surface area contributed by atoms with Crippen molar-refractivity contribution in [2.24, 2.45) is 5.92 Å². The first-order valence-electron chi connectivity index (χ1n) is 8.90. The van der Waals surface area contributed by atoms with Gasteiger partial charge in [0.25, 0.3) is 0 Å². The maximum atomic E-state index is 6.59. The average molecular weight is 455 g/mol. The number of benzene rings is 1. The lowest BCUT2D eigenvalue weighted by Gasteiger charge is -2.26. The van der Waals surface area contributed by atoms with Crippen LogP contribution in [0, 0.1) is 5.92 Å². The number of pyridine rings is 2. The molecule has 1 N–H and O–H groups in total. The zero-order valence-electron chi connectivity index (χ0n) is 15.8. The molecule has 4 rings (SSSR count). The summed E-state index contributed by atoms with van der Waals surface area (Å²) in [7, 11) is 3.07. The van der Waals surface area contributed by atoms with E-state index in [0.29, 0.717) is 49.7 Å². The quantitative estimate of drug-likeness (QED) is 0.508. The maximum absolute atomic E-state index is 6.59. The Labute approximate surface area is 183 Å². The monoisotopic (exact) mass is 453 g/mol. The molecule has 1 fully saturated rings. The minimum Gasteiger partial charge on any atom is -0.495 e. The first kappa shape index (κ1) is 20.3. The third-order valence-corrected chi connectivity index (χ3v) is 5.73. The molecule has 0 spiro atoms. The van der Waals surface area contributed by atoms with Crippen LogP contribution in [-0.4, -0.2) is 43.9 Å². The number of hydrogen-bond acceptors (Lipinski definition) is 6. The van der Waals surface area contributed by atoms with Crippen LogP contribution in [0.4, 0.5) is 5.82 Å². The van der Waals surface area contributed by atoms with Crippen molar-refractivity contribution >= 4 is 51.4 Å². The van der Waals surface area contributed by atoms with Gasteiger partial charge in [0.2, 0.25) is 0 Å². The molecule has 3 aromatic rings. The van der Waals surface area contributed by atoms with Gasteiger partial charge in [0, 0.05) is 41.1 Å². The van der Waals surface area contributed by atoms with Crippen LogP contribution in [0.15, 0.2) is 24.4 Å². The van der Waals surface area contributed by atoms with Crippen LogP contribution < -0.4 is 14.8 Å². The zero-order chi connectivity index (χ0) is 20.5. The third-order valence-electron chi connectivity index (χ3n) is 4.78. The molecule has 1 aromatic carbocycles. The van der Waals surface area contributed by atoms with Gasteiger partial charge in [0.05, 0.1) is 43.2 Å². The minimum absolute atomic E-state index is 0.352. The predicted molar refractivity (Wildman–Crippen MR) is 116 cm³/mol. The van der Waals surface area contributed by atoms with Crippen LogP contribution in [0.3, 0.4) is 0 Å². The molecule has 9 heteroatoms. The Balaban J connectivity index is 1.89. The number of methoxy groups -OCH3 is 2. The normalized spacial score (nSPS) is 14.0. The van der Waals surface area contributed by atoms with Crippen molar-refractivity contribution in [3.63, 3.8) is 0 Å². The minimum atomic E-state index is 0.352. The van der Waals surface area contributed by atoms with E-state index in [1.165, 1.54) is 14.2 Å². The highest BCUT2D eigenvalue weighted by atomic mass is 35.5. The molecular formula is C20H18Cl3N3O3. The average Bonchev–Trinajstić information content (AvgIpc) is 2.67. The Morgan fingerprint density at radius 2 is 1.76 bits per heavy atom. The van der Waals surface area contributed by atoms with E-state index < -0.39 is 0 Å². The summed E-state index contributed by atoms with van der Waals surface area (Å²) in [4.78, 5) is 8.99. The number of fused-ring (bicyclic) bond motifs is 1. The van der Waals surface area contributed by atoms with Crippen LogP contribution in [0.5, 0.6) is 11.5 Å². The molecule has 1 saturated heterocycles. The molecule has 0 atom stereocenters. The predicted octanol–water partition coefficient (Wildman–Crippen LogP) is 5.33. The zero-order valence-corrected chi connectivity index (χ0v) is 18.0. The van der Waals surface area contributed by atoms with Gasteiger partial charge in [0.1, 0.15) is 22.5 Å². The summed E-state index contributed by atoms with van der Waals surface area (Å²) in [5.41, 5.74) is 1.09. The van der Waals surface area contributed by atoms with Crippen molar-refractivity contribution in [2.75, 3.05) is 39.3 Å². The summed E-state index contributed by atoms with van der Waals surface area (Å²) in [5.74, 6) is 2.00. The highest BCUT2D eigenvalue weighted by molar-refractivity contribution is 6.41. The molecule has 0 bridgehead atoms. The van der Waals surface area contributed by atoms with Gasteiger partial charge in [-0.15, -0.1) is 0 Å². The molecule has 0 aliphatic carbocycles. The van der Waals surface area contributed by atoms with E-state index in [0.717, 1.165) is 30.5 Å². The molecule has 152 valence electrons. The lowest BCUT2D eigenvalue weighted by molar-refractivity contribution is -0.0248. The van der Waals surface area contributed by atoms with Crippen LogP contribution in [0.1, 0.15) is 0 Å². The fraction of sp³-hybridized carbons (Fsp3) is 0.300. The summed E-state index contributed by atoms with van der Waals surface area (Å²) in [6.45, 7) is 2.20. The maximum Gasteiger partial charge on any atom is 0.141 e. The Bertz CT molecular complexity index is 1050. The molecule has 0 unspecified atom stereocenters. The van der Waals surface area contributed by atoms with E-state index in [-0.39, 0.29) is 0 Å². The van der Waals surface area contributed by atoms with Crippen molar-refractivity contribution in [1.29, 1.82) is 0 Å². The van der Waals surface area contributed by atoms with Gasteiger partial charge in [-0.25, -0.2) is 9.97 Å². The van der Waals surface area contributed by atoms with E-state index in [1.54, 1.807) is 18.3 Å². The van der Waals surface area contributed by atoms with E-state index in [4.69, 9.17) is 54.0 Å². The van der Waals surface area contributed by atoms with E-state index >= 15 is 0 Å². The molecule has 2 aromatic heterocycles. The highest BCUT2D eigenvalue weighted by Crippen LogP contribution is 2.46. The Morgan fingerprint density at radius 3 is 2.34 bits per heavy atom. The topological polar surface area (TPSA) is 65.5 Å². The van der Waals surface area contributed by atoms with E-state index in [2.05, 4.69) is 10.3 Å². The summed E-state index contributed by atoms with van der Waals surface area (Å²) >= 11 is 19.3. The van der Waals surface area contributed by atoms with E-state index in [1.807, 2.05) is 6.07 Å². The van der Waals surface area contributed by atoms with Crippen LogP contribution in [0.25, 0.3) is 22.0 Å². The number of rotatable bonds is 6.